The first-order valence-corrected chi connectivity index (χ1v) is 12.4. The first kappa shape index (κ1) is 22.4. The van der Waals surface area contributed by atoms with Crippen molar-refractivity contribution in [2.24, 2.45) is 0 Å². The minimum atomic E-state index is 0.709. The highest BCUT2D eigenvalue weighted by molar-refractivity contribution is 7.96. The Balaban J connectivity index is 3.11. The van der Waals surface area contributed by atoms with Crippen LogP contribution in [0.5, 0.6) is 0 Å². The fourth-order valence-electron chi connectivity index (χ4n) is 3.07. The maximum Gasteiger partial charge on any atom is 0.107 e. The average Bonchev–Trinajstić information content (AvgIpc) is 2.52. The molecule has 0 fully saturated rings. The van der Waals surface area contributed by atoms with Gasteiger partial charge < -0.3 is 0 Å². The molecule has 0 aromatic heterocycles. The monoisotopic (exact) mass is 329 g/mol. The van der Waals surface area contributed by atoms with E-state index >= 15 is 0 Å². The van der Waals surface area contributed by atoms with E-state index in [0.29, 0.717) is 10.9 Å². The molecule has 0 aliphatic carbocycles. The van der Waals surface area contributed by atoms with E-state index in [1.54, 1.807) is 0 Å². The molecular weight excluding hydrogens is 284 g/mol. The topological polar surface area (TPSA) is 0 Å². The van der Waals surface area contributed by atoms with Gasteiger partial charge in [0.2, 0.25) is 0 Å². The summed E-state index contributed by atoms with van der Waals surface area (Å²) in [5.41, 5.74) is 0. The molecule has 0 aliphatic rings. The van der Waals surface area contributed by atoms with Crippen LogP contribution in [0.15, 0.2) is 0 Å². The zero-order chi connectivity index (χ0) is 16.3. The Labute approximate surface area is 145 Å². The van der Waals surface area contributed by atoms with E-state index in [4.69, 9.17) is 0 Å². The van der Waals surface area contributed by atoms with Crippen LogP contribution in [0.1, 0.15) is 117 Å². The van der Waals surface area contributed by atoms with Crippen LogP contribution >= 0.6 is 0 Å². The van der Waals surface area contributed by atoms with Crippen molar-refractivity contribution < 1.29 is 0 Å². The van der Waals surface area contributed by atoms with E-state index in [1.807, 2.05) is 0 Å². The van der Waals surface area contributed by atoms with Crippen molar-refractivity contribution in [1.82, 2.24) is 0 Å². The van der Waals surface area contributed by atoms with E-state index in [1.165, 1.54) is 114 Å². The van der Waals surface area contributed by atoms with Gasteiger partial charge in [-0.05, 0) is 36.6 Å². The molecule has 0 saturated carbocycles. The van der Waals surface area contributed by atoms with E-state index in [9.17, 15) is 0 Å². The Morgan fingerprint density at radius 3 is 1.00 bits per heavy atom. The lowest BCUT2D eigenvalue weighted by Gasteiger charge is -2.05. The molecule has 0 N–H and O–H groups in total. The third-order valence-electron chi connectivity index (χ3n) is 4.69. The summed E-state index contributed by atoms with van der Waals surface area (Å²) in [4.78, 5) is 0. The van der Waals surface area contributed by atoms with Crippen LogP contribution in [-0.4, -0.2) is 17.8 Å². The van der Waals surface area contributed by atoms with E-state index in [-0.39, 0.29) is 0 Å². The SMILES string of the molecule is CCCCCCCCCC[S+](C)CCCCCCCCCC. The first-order chi connectivity index (χ1) is 10.8. The molecule has 22 heavy (non-hydrogen) atoms. The summed E-state index contributed by atoms with van der Waals surface area (Å²) < 4.78 is 0. The fourth-order valence-corrected chi connectivity index (χ4v) is 4.66. The van der Waals surface area contributed by atoms with Crippen LogP contribution in [0.4, 0.5) is 0 Å². The molecule has 0 amide bonds. The van der Waals surface area contributed by atoms with Crippen LogP contribution in [-0.2, 0) is 10.9 Å². The van der Waals surface area contributed by atoms with Gasteiger partial charge in [0.25, 0.3) is 0 Å². The lowest BCUT2D eigenvalue weighted by Crippen LogP contribution is -2.10. The second-order valence-corrected chi connectivity index (χ2v) is 9.52. The van der Waals surface area contributed by atoms with Crippen molar-refractivity contribution in [3.05, 3.63) is 0 Å². The maximum absolute atomic E-state index is 2.50. The Hall–Kier alpha value is 0.350. The van der Waals surface area contributed by atoms with E-state index < -0.39 is 0 Å². The quantitative estimate of drug-likeness (QED) is 0.180. The van der Waals surface area contributed by atoms with Gasteiger partial charge in [-0.1, -0.05) is 90.9 Å². The van der Waals surface area contributed by atoms with Crippen molar-refractivity contribution in [2.75, 3.05) is 17.8 Å². The second kappa shape index (κ2) is 19.4. The first-order valence-electron chi connectivity index (χ1n) is 10.4. The Morgan fingerprint density at radius 1 is 0.409 bits per heavy atom. The summed E-state index contributed by atoms with van der Waals surface area (Å²) in [5, 5.41) is 0. The molecule has 0 atom stereocenters. The highest BCUT2D eigenvalue weighted by Crippen LogP contribution is 2.12. The van der Waals surface area contributed by atoms with Crippen LogP contribution in [0.25, 0.3) is 0 Å². The Bertz CT molecular complexity index is 170. The van der Waals surface area contributed by atoms with Gasteiger partial charge in [0.05, 0.1) is 6.26 Å². The van der Waals surface area contributed by atoms with Crippen molar-refractivity contribution in [2.45, 2.75) is 117 Å². The molecule has 0 spiro atoms. The highest BCUT2D eigenvalue weighted by Gasteiger charge is 2.09. The minimum Gasteiger partial charge on any atom is -0.0654 e. The van der Waals surface area contributed by atoms with Crippen LogP contribution in [0, 0.1) is 0 Å². The van der Waals surface area contributed by atoms with Gasteiger partial charge in [-0.2, -0.15) is 0 Å². The number of hydrogen-bond acceptors (Lipinski definition) is 0. The van der Waals surface area contributed by atoms with Crippen molar-refractivity contribution >= 4 is 10.9 Å². The van der Waals surface area contributed by atoms with Gasteiger partial charge >= 0.3 is 0 Å². The molecule has 0 radical (unpaired) electrons. The summed E-state index contributed by atoms with van der Waals surface area (Å²) in [6.07, 6.45) is 25.9. The van der Waals surface area contributed by atoms with Gasteiger partial charge in [0, 0.05) is 0 Å². The predicted molar refractivity (Wildman–Crippen MR) is 108 cm³/mol. The third-order valence-corrected chi connectivity index (χ3v) is 6.66. The normalized spacial score (nSPS) is 11.5. The number of hydrogen-bond donors (Lipinski definition) is 0. The van der Waals surface area contributed by atoms with Crippen LogP contribution in [0.2, 0.25) is 0 Å². The second-order valence-electron chi connectivity index (χ2n) is 7.14. The van der Waals surface area contributed by atoms with Crippen molar-refractivity contribution in [1.29, 1.82) is 0 Å². The lowest BCUT2D eigenvalue weighted by atomic mass is 10.1. The minimum absolute atomic E-state index is 0.709. The molecule has 0 nitrogen and oxygen atoms in total. The number of unbranched alkanes of at least 4 members (excludes halogenated alkanes) is 14. The molecule has 0 aliphatic heterocycles. The third kappa shape index (κ3) is 18.4. The molecule has 0 rings (SSSR count). The van der Waals surface area contributed by atoms with Gasteiger partial charge in [-0.25, -0.2) is 0 Å². The summed E-state index contributed by atoms with van der Waals surface area (Å²) in [5.74, 6) is 3.01. The van der Waals surface area contributed by atoms with Crippen molar-refractivity contribution in [3.8, 4) is 0 Å². The molecule has 0 saturated heterocycles. The summed E-state index contributed by atoms with van der Waals surface area (Å²) in [7, 11) is 0.709. The highest BCUT2D eigenvalue weighted by atomic mass is 32.2. The van der Waals surface area contributed by atoms with Crippen LogP contribution < -0.4 is 0 Å². The molecule has 0 heterocycles. The number of rotatable bonds is 18. The zero-order valence-corrected chi connectivity index (χ0v) is 17.0. The smallest absolute Gasteiger partial charge is 0.0654 e. The summed E-state index contributed by atoms with van der Waals surface area (Å²) >= 11 is 0. The summed E-state index contributed by atoms with van der Waals surface area (Å²) in [6, 6.07) is 0. The molecule has 0 aromatic carbocycles. The molecule has 1 heteroatoms. The van der Waals surface area contributed by atoms with Gasteiger partial charge in [0.1, 0.15) is 11.5 Å². The van der Waals surface area contributed by atoms with E-state index in [2.05, 4.69) is 20.1 Å². The lowest BCUT2D eigenvalue weighted by molar-refractivity contribution is 0.584. The molecule has 134 valence electrons. The van der Waals surface area contributed by atoms with E-state index in [0.717, 1.165) is 0 Å². The Morgan fingerprint density at radius 2 is 0.682 bits per heavy atom. The zero-order valence-electron chi connectivity index (χ0n) is 16.1. The maximum atomic E-state index is 2.50. The molecule has 0 bridgehead atoms. The molecule has 0 aromatic rings. The fraction of sp³-hybridized carbons (Fsp3) is 1.00. The van der Waals surface area contributed by atoms with Gasteiger partial charge in [0.15, 0.2) is 0 Å². The summed E-state index contributed by atoms with van der Waals surface area (Å²) in [6.45, 7) is 4.60. The average molecular weight is 330 g/mol. The van der Waals surface area contributed by atoms with Gasteiger partial charge in [-0.15, -0.1) is 0 Å². The largest absolute Gasteiger partial charge is 0.107 e. The Kier molecular flexibility index (Phi) is 19.7. The van der Waals surface area contributed by atoms with Gasteiger partial charge in [-0.3, -0.25) is 0 Å². The van der Waals surface area contributed by atoms with Crippen LogP contribution in [0.3, 0.4) is 0 Å². The van der Waals surface area contributed by atoms with Crippen molar-refractivity contribution in [3.63, 3.8) is 0 Å². The standard InChI is InChI=1S/C21H45S/c1-4-6-8-10-12-14-16-18-20-22(3)21-19-17-15-13-11-9-7-5-2/h4-21H2,1-3H3/q+1. The molecule has 0 unspecified atom stereocenters. The molecular formula is C21H45S+. The predicted octanol–water partition coefficient (Wildman–Crippen LogP) is 7.52.